The first-order valence-electron chi connectivity index (χ1n) is 7.71. The first-order valence-corrected chi connectivity index (χ1v) is 7.71. The number of hydrogen-bond donors (Lipinski definition) is 1. The largest absolute Gasteiger partial charge is 0.467 e. The molecule has 7 heteroatoms. The van der Waals surface area contributed by atoms with Gasteiger partial charge in [-0.3, -0.25) is 4.90 Å². The van der Waals surface area contributed by atoms with Crippen molar-refractivity contribution in [2.45, 2.75) is 25.1 Å². The van der Waals surface area contributed by atoms with Crippen LogP contribution in [-0.2, 0) is 11.3 Å². The van der Waals surface area contributed by atoms with E-state index in [9.17, 15) is 18.3 Å². The molecule has 1 saturated heterocycles. The number of ether oxygens (including phenoxy) is 1. The summed E-state index contributed by atoms with van der Waals surface area (Å²) in [5, 5.41) is 10.2. The van der Waals surface area contributed by atoms with Gasteiger partial charge in [-0.1, -0.05) is 0 Å². The highest BCUT2D eigenvalue weighted by molar-refractivity contribution is 5.19. The Labute approximate surface area is 137 Å². The van der Waals surface area contributed by atoms with E-state index in [1.54, 1.807) is 12.1 Å². The second-order valence-electron chi connectivity index (χ2n) is 5.84. The highest BCUT2D eigenvalue weighted by Crippen LogP contribution is 2.25. The van der Waals surface area contributed by atoms with Gasteiger partial charge in [-0.15, -0.1) is 0 Å². The lowest BCUT2D eigenvalue weighted by Gasteiger charge is -2.36. The fourth-order valence-corrected chi connectivity index (χ4v) is 2.90. The number of rotatable bonds is 5. The predicted octanol–water partition coefficient (Wildman–Crippen LogP) is 3.02. The molecule has 0 amide bonds. The molecule has 1 fully saturated rings. The molecule has 2 unspecified atom stereocenters. The number of hydrogen-bond acceptors (Lipinski definition) is 4. The minimum atomic E-state index is -1.47. The van der Waals surface area contributed by atoms with Crippen molar-refractivity contribution in [2.24, 2.45) is 0 Å². The van der Waals surface area contributed by atoms with E-state index < -0.39 is 23.6 Å². The molecule has 2 aromatic rings. The normalized spacial score (nSPS) is 20.2. The van der Waals surface area contributed by atoms with E-state index in [0.717, 1.165) is 12.1 Å². The highest BCUT2D eigenvalue weighted by atomic mass is 19.2. The van der Waals surface area contributed by atoms with Gasteiger partial charge in [-0.25, -0.2) is 13.2 Å². The number of morpholine rings is 1. The smallest absolute Gasteiger partial charge is 0.194 e. The maximum Gasteiger partial charge on any atom is 0.194 e. The topological polar surface area (TPSA) is 45.8 Å². The van der Waals surface area contributed by atoms with Crippen LogP contribution in [-0.4, -0.2) is 35.8 Å². The van der Waals surface area contributed by atoms with Crippen LogP contribution in [0.25, 0.3) is 0 Å². The lowest BCUT2D eigenvalue weighted by atomic mass is 10.0. The van der Waals surface area contributed by atoms with Crippen LogP contribution in [0.2, 0.25) is 0 Å². The fourth-order valence-electron chi connectivity index (χ4n) is 2.90. The van der Waals surface area contributed by atoms with Crippen molar-refractivity contribution in [3.63, 3.8) is 0 Å². The number of aliphatic hydroxyl groups is 1. The Balaban J connectivity index is 1.70. The summed E-state index contributed by atoms with van der Waals surface area (Å²) < 4.78 is 50.4. The third-order valence-electron chi connectivity index (χ3n) is 4.15. The van der Waals surface area contributed by atoms with Crippen LogP contribution in [0.4, 0.5) is 13.2 Å². The van der Waals surface area contributed by atoms with Crippen LogP contribution in [0.1, 0.15) is 23.8 Å². The Morgan fingerprint density at radius 1 is 1.25 bits per heavy atom. The summed E-state index contributed by atoms with van der Waals surface area (Å²) >= 11 is 0. The Hall–Kier alpha value is -1.83. The maximum absolute atomic E-state index is 13.4. The lowest BCUT2D eigenvalue weighted by Crippen LogP contribution is -2.45. The average molecular weight is 341 g/mol. The lowest BCUT2D eigenvalue weighted by molar-refractivity contribution is -0.0323. The quantitative estimate of drug-likeness (QED) is 0.849. The molecule has 2 heterocycles. The van der Waals surface area contributed by atoms with Crippen molar-refractivity contribution in [1.29, 1.82) is 0 Å². The first-order chi connectivity index (χ1) is 11.5. The molecule has 0 saturated carbocycles. The van der Waals surface area contributed by atoms with Crippen molar-refractivity contribution < 1.29 is 27.4 Å². The van der Waals surface area contributed by atoms with Gasteiger partial charge >= 0.3 is 0 Å². The molecule has 3 rings (SSSR count). The molecule has 1 aliphatic heterocycles. The van der Waals surface area contributed by atoms with Crippen LogP contribution >= 0.6 is 0 Å². The van der Waals surface area contributed by atoms with Crippen molar-refractivity contribution in [3.05, 3.63) is 59.3 Å². The standard InChI is InChI=1S/C17H18F3NO3/c18-13-6-11(7-14(19)17(13)20)9-21-3-5-23-10-12(21)8-15(22)16-2-1-4-24-16/h1-2,4,6-7,12,15,22H,3,5,8-10H2. The molecule has 0 bridgehead atoms. The minimum Gasteiger partial charge on any atom is -0.467 e. The number of halogens is 3. The monoisotopic (exact) mass is 341 g/mol. The number of aliphatic hydroxyl groups excluding tert-OH is 1. The Morgan fingerprint density at radius 2 is 2.00 bits per heavy atom. The van der Waals surface area contributed by atoms with Crippen LogP contribution in [0, 0.1) is 17.5 Å². The van der Waals surface area contributed by atoms with Gasteiger partial charge in [-0.05, 0) is 36.2 Å². The summed E-state index contributed by atoms with van der Waals surface area (Å²) in [5.41, 5.74) is 0.339. The van der Waals surface area contributed by atoms with Crippen molar-refractivity contribution in [1.82, 2.24) is 4.90 Å². The molecule has 0 aliphatic carbocycles. The van der Waals surface area contributed by atoms with Gasteiger partial charge in [0.15, 0.2) is 17.5 Å². The summed E-state index contributed by atoms with van der Waals surface area (Å²) in [7, 11) is 0. The van der Waals surface area contributed by atoms with Gasteiger partial charge in [-0.2, -0.15) is 0 Å². The minimum absolute atomic E-state index is 0.143. The average Bonchev–Trinajstić information content (AvgIpc) is 3.09. The summed E-state index contributed by atoms with van der Waals surface area (Å²) in [4.78, 5) is 1.96. The summed E-state index contributed by atoms with van der Waals surface area (Å²) in [5.74, 6) is -3.42. The molecule has 24 heavy (non-hydrogen) atoms. The van der Waals surface area contributed by atoms with Crippen molar-refractivity contribution in [3.8, 4) is 0 Å². The second kappa shape index (κ2) is 7.38. The summed E-state index contributed by atoms with van der Waals surface area (Å²) in [6.45, 7) is 1.67. The third kappa shape index (κ3) is 3.80. The zero-order valence-corrected chi connectivity index (χ0v) is 12.9. The number of furan rings is 1. The van der Waals surface area contributed by atoms with E-state index in [2.05, 4.69) is 0 Å². The number of benzene rings is 1. The molecule has 1 aliphatic rings. The van der Waals surface area contributed by atoms with Gasteiger partial charge in [0.05, 0.1) is 19.5 Å². The van der Waals surface area contributed by atoms with Crippen molar-refractivity contribution in [2.75, 3.05) is 19.8 Å². The van der Waals surface area contributed by atoms with E-state index in [-0.39, 0.29) is 12.6 Å². The highest BCUT2D eigenvalue weighted by Gasteiger charge is 2.27. The van der Waals surface area contributed by atoms with E-state index in [4.69, 9.17) is 9.15 Å². The van der Waals surface area contributed by atoms with E-state index in [1.807, 2.05) is 4.90 Å². The van der Waals surface area contributed by atoms with Crippen LogP contribution < -0.4 is 0 Å². The van der Waals surface area contributed by atoms with Gasteiger partial charge in [0.1, 0.15) is 11.9 Å². The van der Waals surface area contributed by atoms with Gasteiger partial charge in [0.2, 0.25) is 0 Å². The molecule has 2 atom stereocenters. The van der Waals surface area contributed by atoms with Crippen LogP contribution in [0.3, 0.4) is 0 Å². The van der Waals surface area contributed by atoms with Crippen LogP contribution in [0.15, 0.2) is 34.9 Å². The third-order valence-corrected chi connectivity index (χ3v) is 4.15. The van der Waals surface area contributed by atoms with Gasteiger partial charge < -0.3 is 14.3 Å². The molecule has 130 valence electrons. The molecular formula is C17H18F3NO3. The Kier molecular flexibility index (Phi) is 5.23. The van der Waals surface area contributed by atoms with Crippen molar-refractivity contribution >= 4 is 0 Å². The second-order valence-corrected chi connectivity index (χ2v) is 5.84. The SMILES string of the molecule is OC(CC1COCCN1Cc1cc(F)c(F)c(F)c1)c1ccco1. The molecular weight excluding hydrogens is 323 g/mol. The molecule has 0 radical (unpaired) electrons. The zero-order valence-electron chi connectivity index (χ0n) is 12.9. The predicted molar refractivity (Wildman–Crippen MR) is 79.6 cm³/mol. The summed E-state index contributed by atoms with van der Waals surface area (Å²) in [6, 6.07) is 5.22. The van der Waals surface area contributed by atoms with Gasteiger partial charge in [0, 0.05) is 19.1 Å². The van der Waals surface area contributed by atoms with E-state index >= 15 is 0 Å². The maximum atomic E-state index is 13.4. The first kappa shape index (κ1) is 17.0. The van der Waals surface area contributed by atoms with Gasteiger partial charge in [0.25, 0.3) is 0 Å². The molecule has 0 spiro atoms. The van der Waals surface area contributed by atoms with E-state index in [1.165, 1.54) is 6.26 Å². The molecule has 4 nitrogen and oxygen atoms in total. The van der Waals surface area contributed by atoms with Crippen LogP contribution in [0.5, 0.6) is 0 Å². The molecule has 1 aromatic carbocycles. The molecule has 1 aromatic heterocycles. The zero-order chi connectivity index (χ0) is 17.1. The Bertz CT molecular complexity index is 655. The molecule has 1 N–H and O–H groups in total. The Morgan fingerprint density at radius 3 is 2.67 bits per heavy atom. The van der Waals surface area contributed by atoms with E-state index in [0.29, 0.717) is 37.5 Å². The summed E-state index contributed by atoms with van der Waals surface area (Å²) in [6.07, 6.45) is 1.05. The fraction of sp³-hybridized carbons (Fsp3) is 0.412. The number of nitrogens with zero attached hydrogens (tertiary/aromatic N) is 1.